The highest BCUT2D eigenvalue weighted by Gasteiger charge is 2.21. The van der Waals surface area contributed by atoms with Gasteiger partial charge < -0.3 is 10.4 Å². The Morgan fingerprint density at radius 3 is 2.23 bits per heavy atom. The Bertz CT molecular complexity index is 859. The Labute approximate surface area is 149 Å². The van der Waals surface area contributed by atoms with Crippen molar-refractivity contribution in [3.63, 3.8) is 0 Å². The maximum absolute atomic E-state index is 12.7. The molecule has 2 aromatic carbocycles. The zero-order valence-corrected chi connectivity index (χ0v) is 13.8. The number of carbonyl (C=O) groups excluding carboxylic acids is 2. The van der Waals surface area contributed by atoms with Crippen LogP contribution in [-0.2, 0) is 0 Å². The summed E-state index contributed by atoms with van der Waals surface area (Å²) in [6, 6.07) is 14.6. The van der Waals surface area contributed by atoms with Gasteiger partial charge in [0.2, 0.25) is 5.39 Å². The summed E-state index contributed by atoms with van der Waals surface area (Å²) in [5, 5.41) is 21.1. The van der Waals surface area contributed by atoms with Gasteiger partial charge in [0, 0.05) is 6.42 Å². The van der Waals surface area contributed by atoms with Crippen LogP contribution >= 0.6 is 0 Å². The van der Waals surface area contributed by atoms with E-state index in [1.807, 2.05) is 11.5 Å². The van der Waals surface area contributed by atoms with Gasteiger partial charge in [0.25, 0.3) is 11.8 Å². The summed E-state index contributed by atoms with van der Waals surface area (Å²) >= 11 is 0. The van der Waals surface area contributed by atoms with Gasteiger partial charge in [-0.1, -0.05) is 42.5 Å². The second-order valence-corrected chi connectivity index (χ2v) is 5.40. The molecule has 0 heterocycles. The van der Waals surface area contributed by atoms with Gasteiger partial charge in [-0.25, -0.2) is 5.84 Å². The Morgan fingerprint density at radius 2 is 1.65 bits per heavy atom. The molecule has 0 fully saturated rings. The minimum Gasteiger partial charge on any atom is -0.505 e. The topological polar surface area (TPSA) is 133 Å². The molecule has 0 radical (unpaired) electrons. The third-order valence-electron chi connectivity index (χ3n) is 3.67. The molecule has 0 bridgehead atoms. The van der Waals surface area contributed by atoms with Crippen molar-refractivity contribution >= 4 is 11.8 Å². The summed E-state index contributed by atoms with van der Waals surface area (Å²) in [5.41, 5.74) is 3.01. The van der Waals surface area contributed by atoms with Crippen LogP contribution in [0, 0.1) is 5.39 Å². The summed E-state index contributed by atoms with van der Waals surface area (Å²) in [4.78, 5) is 27.3. The minimum atomic E-state index is -0.601. The molecule has 0 saturated heterocycles. The van der Waals surface area contributed by atoms with E-state index in [-0.39, 0.29) is 23.3 Å². The number of nitrogens with zero attached hydrogens (tertiary/aromatic N) is 2. The summed E-state index contributed by atoms with van der Waals surface area (Å²) < 4.78 is 0. The van der Waals surface area contributed by atoms with E-state index in [1.54, 1.807) is 36.4 Å². The predicted octanol–water partition coefficient (Wildman–Crippen LogP) is 2.40. The molecule has 2 aromatic rings. The van der Waals surface area contributed by atoms with Crippen LogP contribution in [0.4, 0.5) is 0 Å². The van der Waals surface area contributed by atoms with Gasteiger partial charge in [-0.3, -0.25) is 15.0 Å². The Hall–Kier alpha value is -3.70. The average Bonchev–Trinajstić information content (AvgIpc) is 2.67. The van der Waals surface area contributed by atoms with Crippen LogP contribution in [0.2, 0.25) is 0 Å². The van der Waals surface area contributed by atoms with E-state index in [0.717, 1.165) is 11.8 Å². The van der Waals surface area contributed by atoms with Crippen molar-refractivity contribution in [2.45, 2.75) is 12.5 Å². The maximum Gasteiger partial charge on any atom is 0.387 e. The Morgan fingerprint density at radius 1 is 1.08 bits per heavy atom. The molecule has 1 atom stereocenters. The lowest BCUT2D eigenvalue weighted by atomic mass is 10.0. The van der Waals surface area contributed by atoms with Crippen molar-refractivity contribution in [2.24, 2.45) is 5.84 Å². The molecule has 2 rings (SSSR count). The molecule has 0 spiro atoms. The number of rotatable bonds is 6. The first-order valence-corrected chi connectivity index (χ1v) is 7.74. The minimum absolute atomic E-state index is 0.00503. The number of nitrogen functional groups attached to an aromatic ring is 1. The van der Waals surface area contributed by atoms with E-state index < -0.39 is 17.9 Å². The number of hydrogen-bond acceptors (Lipinski definition) is 5. The zero-order valence-electron chi connectivity index (χ0n) is 13.8. The van der Waals surface area contributed by atoms with Crippen molar-refractivity contribution in [2.75, 3.05) is 0 Å². The summed E-state index contributed by atoms with van der Waals surface area (Å²) in [5.74, 6) is 3.85. The smallest absolute Gasteiger partial charge is 0.387 e. The van der Waals surface area contributed by atoms with Crippen molar-refractivity contribution in [3.05, 3.63) is 88.2 Å². The highest BCUT2D eigenvalue weighted by atomic mass is 16.3. The van der Waals surface area contributed by atoms with Gasteiger partial charge in [-0.15, -0.1) is 0 Å². The zero-order chi connectivity index (χ0) is 18.9. The molecule has 8 nitrogen and oxygen atoms in total. The predicted molar refractivity (Wildman–Crippen MR) is 95.2 cm³/mol. The monoisotopic (exact) mass is 352 g/mol. The molecule has 2 amide bonds. The van der Waals surface area contributed by atoms with Crippen LogP contribution in [0.5, 0.6) is 0 Å². The fourth-order valence-corrected chi connectivity index (χ4v) is 2.46. The lowest BCUT2D eigenvalue weighted by Gasteiger charge is -2.19. The molecule has 26 heavy (non-hydrogen) atoms. The number of diazo groups is 1. The standard InChI is InChI=1S/C18H17N5O3/c19-21-11-13(24)10-16(12-6-2-1-3-7-12)22-17(25)14-8-4-5-9-15(14)18(26)23-20/h1-9,11,16,19-20H,10H2,(H2,22,24,25)/p+1. The van der Waals surface area contributed by atoms with Crippen LogP contribution in [0.1, 0.15) is 38.7 Å². The number of aliphatic hydroxyl groups is 1. The third-order valence-corrected chi connectivity index (χ3v) is 3.67. The van der Waals surface area contributed by atoms with E-state index in [0.29, 0.717) is 0 Å². The fourth-order valence-electron chi connectivity index (χ4n) is 2.46. The van der Waals surface area contributed by atoms with Crippen molar-refractivity contribution in [1.82, 2.24) is 10.7 Å². The van der Waals surface area contributed by atoms with E-state index in [2.05, 4.69) is 10.3 Å². The second kappa shape index (κ2) is 8.96. The van der Waals surface area contributed by atoms with Gasteiger partial charge in [0.15, 0.2) is 10.7 Å². The first-order chi connectivity index (χ1) is 12.6. The fraction of sp³-hybridized carbons (Fsp3) is 0.111. The highest BCUT2D eigenvalue weighted by molar-refractivity contribution is 6.07. The first-order valence-electron chi connectivity index (χ1n) is 7.74. The Kier molecular flexibility index (Phi) is 6.42. The van der Waals surface area contributed by atoms with E-state index >= 15 is 0 Å². The quantitative estimate of drug-likeness (QED) is 0.208. The number of benzene rings is 2. The molecule has 1 unspecified atom stereocenters. The van der Waals surface area contributed by atoms with E-state index in [4.69, 9.17) is 11.2 Å². The van der Waals surface area contributed by atoms with Crippen LogP contribution in [0.3, 0.4) is 0 Å². The van der Waals surface area contributed by atoms with Gasteiger partial charge >= 0.3 is 6.20 Å². The van der Waals surface area contributed by atoms with E-state index in [1.165, 1.54) is 12.1 Å². The molecule has 0 saturated carbocycles. The van der Waals surface area contributed by atoms with Crippen LogP contribution in [0.25, 0.3) is 4.98 Å². The number of amides is 2. The van der Waals surface area contributed by atoms with Crippen LogP contribution in [-0.4, -0.2) is 16.9 Å². The summed E-state index contributed by atoms with van der Waals surface area (Å²) in [6.45, 7) is 0. The Balaban J connectivity index is 2.31. The van der Waals surface area contributed by atoms with Gasteiger partial charge in [-0.05, 0) is 17.7 Å². The van der Waals surface area contributed by atoms with Gasteiger partial charge in [0.05, 0.1) is 17.2 Å². The van der Waals surface area contributed by atoms with Crippen molar-refractivity contribution in [1.29, 1.82) is 5.39 Å². The van der Waals surface area contributed by atoms with E-state index in [9.17, 15) is 14.7 Å². The number of carbonyl (C=O) groups is 2. The maximum atomic E-state index is 12.7. The second-order valence-electron chi connectivity index (χ2n) is 5.40. The van der Waals surface area contributed by atoms with Crippen molar-refractivity contribution in [3.8, 4) is 0 Å². The number of hydrogen-bond donors (Lipinski definition) is 4. The normalized spacial score (nSPS) is 11.9. The SMILES string of the molecule is N#[N+]C=C(O)CC(NC(=O)c1ccccc1C(=O)NN)c1ccccc1. The molecule has 0 aliphatic heterocycles. The average molecular weight is 352 g/mol. The van der Waals surface area contributed by atoms with Crippen molar-refractivity contribution < 1.29 is 14.7 Å². The molecule has 0 aliphatic rings. The molecule has 0 aromatic heterocycles. The number of nitrogens with one attached hydrogen (secondary N) is 2. The summed E-state index contributed by atoms with van der Waals surface area (Å²) in [7, 11) is 0. The molecule has 8 heteroatoms. The lowest BCUT2D eigenvalue weighted by molar-refractivity contribution is 0.0908. The molecular formula is C18H18N5O3+. The lowest BCUT2D eigenvalue weighted by Crippen LogP contribution is -2.34. The van der Waals surface area contributed by atoms with Crippen LogP contribution in [0.15, 0.2) is 66.6 Å². The first kappa shape index (κ1) is 18.6. The van der Waals surface area contributed by atoms with Crippen LogP contribution < -0.4 is 16.6 Å². The molecule has 5 N–H and O–H groups in total. The van der Waals surface area contributed by atoms with Gasteiger partial charge in [-0.2, -0.15) is 0 Å². The number of nitrogens with two attached hydrogens (primary N) is 1. The largest absolute Gasteiger partial charge is 0.505 e. The van der Waals surface area contributed by atoms with Gasteiger partial charge in [0.1, 0.15) is 0 Å². The molecule has 0 aliphatic carbocycles. The summed E-state index contributed by atoms with van der Waals surface area (Å²) in [6.07, 6.45) is 0.892. The molecule has 132 valence electrons. The third kappa shape index (κ3) is 4.66. The highest BCUT2D eigenvalue weighted by Crippen LogP contribution is 2.21. The number of hydrazine groups is 1. The number of aliphatic hydroxyl groups excluding tert-OH is 1. The molecular weight excluding hydrogens is 334 g/mol.